The molecule has 22 heavy (non-hydrogen) atoms. The normalized spacial score (nSPS) is 45.0. The lowest BCUT2D eigenvalue weighted by Crippen LogP contribution is -2.44. The topological polar surface area (TPSA) is 90.7 Å². The summed E-state index contributed by atoms with van der Waals surface area (Å²) in [5.74, 6) is -0.761. The van der Waals surface area contributed by atoms with Crippen LogP contribution in [0, 0.1) is 0 Å². The van der Waals surface area contributed by atoms with Crippen LogP contribution in [-0.2, 0) is 26.4 Å². The number of aromatic nitrogens is 3. The first-order valence-electron chi connectivity index (χ1n) is 7.90. The quantitative estimate of drug-likeness (QED) is 0.741. The van der Waals surface area contributed by atoms with E-state index in [2.05, 4.69) is 15.6 Å². The standard InChI is InChI=1S/C14H20N4O4/c1-13(2)21-11-12(22-13)20-8-6-18-10(14(8,11)19)9(16-17-18)7-4-3-5-15-7/h7-8,11-12,15,19H,3-6H2,1-2H3/t7?,8-,11+,12-,14+/m1/s1. The van der Waals surface area contributed by atoms with Crippen LogP contribution in [0.25, 0.3) is 0 Å². The number of nitrogens with one attached hydrogen (secondary N) is 1. The van der Waals surface area contributed by atoms with Gasteiger partial charge in [-0.3, -0.25) is 0 Å². The van der Waals surface area contributed by atoms with Crippen molar-refractivity contribution in [3.63, 3.8) is 0 Å². The highest BCUT2D eigenvalue weighted by atomic mass is 16.8. The largest absolute Gasteiger partial charge is 0.378 e. The maximum atomic E-state index is 11.5. The molecule has 0 bridgehead atoms. The van der Waals surface area contributed by atoms with Crippen molar-refractivity contribution >= 4 is 0 Å². The number of hydrogen-bond donors (Lipinski definition) is 2. The third-order valence-electron chi connectivity index (χ3n) is 5.15. The van der Waals surface area contributed by atoms with Gasteiger partial charge < -0.3 is 24.6 Å². The second-order valence-electron chi connectivity index (χ2n) is 7.03. The van der Waals surface area contributed by atoms with Gasteiger partial charge in [-0.15, -0.1) is 5.10 Å². The molecular formula is C14H20N4O4. The summed E-state index contributed by atoms with van der Waals surface area (Å²) in [6.45, 7) is 5.10. The van der Waals surface area contributed by atoms with Gasteiger partial charge in [-0.25, -0.2) is 4.68 Å². The summed E-state index contributed by atoms with van der Waals surface area (Å²) in [4.78, 5) is 0. The van der Waals surface area contributed by atoms with Crippen LogP contribution in [0.15, 0.2) is 0 Å². The van der Waals surface area contributed by atoms with Crippen molar-refractivity contribution in [3.05, 3.63) is 11.4 Å². The Balaban J connectivity index is 1.59. The Bertz CT molecular complexity index is 626. The highest BCUT2D eigenvalue weighted by molar-refractivity contribution is 5.32. The molecule has 4 aliphatic heterocycles. The monoisotopic (exact) mass is 308 g/mol. The number of nitrogens with zero attached hydrogens (tertiary/aromatic N) is 3. The van der Waals surface area contributed by atoms with Crippen LogP contribution in [0.5, 0.6) is 0 Å². The van der Waals surface area contributed by atoms with Gasteiger partial charge in [-0.05, 0) is 33.2 Å². The van der Waals surface area contributed by atoms with Gasteiger partial charge >= 0.3 is 0 Å². The van der Waals surface area contributed by atoms with Crippen molar-refractivity contribution in [1.29, 1.82) is 0 Å². The van der Waals surface area contributed by atoms with Crippen LogP contribution >= 0.6 is 0 Å². The first kappa shape index (κ1) is 13.4. The second-order valence-corrected chi connectivity index (χ2v) is 7.03. The molecule has 0 saturated carbocycles. The van der Waals surface area contributed by atoms with Gasteiger partial charge in [0.15, 0.2) is 17.7 Å². The van der Waals surface area contributed by atoms with E-state index in [1.807, 2.05) is 13.8 Å². The van der Waals surface area contributed by atoms with Crippen molar-refractivity contribution in [2.45, 2.75) is 69.2 Å². The zero-order valence-corrected chi connectivity index (χ0v) is 12.7. The molecule has 3 saturated heterocycles. The Morgan fingerprint density at radius 1 is 1.36 bits per heavy atom. The Hall–Kier alpha value is -1.06. The van der Waals surface area contributed by atoms with Gasteiger partial charge in [-0.1, -0.05) is 5.21 Å². The number of fused-ring (bicyclic) bond motifs is 5. The lowest BCUT2D eigenvalue weighted by Gasteiger charge is -2.29. The third kappa shape index (κ3) is 1.54. The molecule has 4 aliphatic rings. The van der Waals surface area contributed by atoms with Gasteiger partial charge in [0.1, 0.15) is 23.6 Å². The van der Waals surface area contributed by atoms with Gasteiger partial charge in [0, 0.05) is 0 Å². The molecule has 120 valence electrons. The van der Waals surface area contributed by atoms with E-state index in [1.165, 1.54) is 0 Å². The fourth-order valence-electron chi connectivity index (χ4n) is 4.22. The van der Waals surface area contributed by atoms with E-state index >= 15 is 0 Å². The summed E-state index contributed by atoms with van der Waals surface area (Å²) < 4.78 is 19.4. The molecule has 5 atom stereocenters. The van der Waals surface area contributed by atoms with Crippen LogP contribution in [0.3, 0.4) is 0 Å². The Morgan fingerprint density at radius 3 is 3.00 bits per heavy atom. The van der Waals surface area contributed by atoms with Crippen molar-refractivity contribution in [1.82, 2.24) is 20.3 Å². The molecule has 1 aromatic rings. The van der Waals surface area contributed by atoms with Crippen molar-refractivity contribution in [2.24, 2.45) is 0 Å². The fourth-order valence-corrected chi connectivity index (χ4v) is 4.22. The molecule has 0 aromatic carbocycles. The number of rotatable bonds is 1. The molecule has 8 nitrogen and oxygen atoms in total. The number of aliphatic hydroxyl groups is 1. The summed E-state index contributed by atoms with van der Waals surface area (Å²) in [5, 5.41) is 23.4. The molecule has 2 N–H and O–H groups in total. The average molecular weight is 308 g/mol. The highest BCUT2D eigenvalue weighted by Gasteiger charge is 2.68. The van der Waals surface area contributed by atoms with Gasteiger partial charge in [-0.2, -0.15) is 0 Å². The van der Waals surface area contributed by atoms with E-state index in [1.54, 1.807) is 4.68 Å². The fraction of sp³-hybridized carbons (Fsp3) is 0.857. The zero-order valence-electron chi connectivity index (χ0n) is 12.7. The second kappa shape index (κ2) is 4.07. The SMILES string of the molecule is CC1(C)O[C@H]2O[C@@H]3Cn4nnc(C5CCCN5)c4[C@]3(O)[C@H]2O1. The molecule has 0 spiro atoms. The highest BCUT2D eigenvalue weighted by Crippen LogP contribution is 2.52. The minimum absolute atomic E-state index is 0.140. The molecular weight excluding hydrogens is 288 g/mol. The van der Waals surface area contributed by atoms with Crippen molar-refractivity contribution in [3.8, 4) is 0 Å². The van der Waals surface area contributed by atoms with Gasteiger partial charge in [0.25, 0.3) is 0 Å². The van der Waals surface area contributed by atoms with Crippen LogP contribution in [0.2, 0.25) is 0 Å². The van der Waals surface area contributed by atoms with E-state index in [0.29, 0.717) is 6.54 Å². The summed E-state index contributed by atoms with van der Waals surface area (Å²) in [7, 11) is 0. The first-order chi connectivity index (χ1) is 10.5. The minimum atomic E-state index is -1.25. The molecule has 0 radical (unpaired) electrons. The molecule has 5 rings (SSSR count). The van der Waals surface area contributed by atoms with E-state index in [9.17, 15) is 5.11 Å². The van der Waals surface area contributed by atoms with Crippen LogP contribution in [0.4, 0.5) is 0 Å². The van der Waals surface area contributed by atoms with E-state index in [0.717, 1.165) is 30.8 Å². The minimum Gasteiger partial charge on any atom is -0.378 e. The maximum absolute atomic E-state index is 11.5. The van der Waals surface area contributed by atoms with Crippen LogP contribution < -0.4 is 5.32 Å². The average Bonchev–Trinajstić information content (AvgIpc) is 3.18. The third-order valence-corrected chi connectivity index (χ3v) is 5.15. The Morgan fingerprint density at radius 2 is 2.23 bits per heavy atom. The van der Waals surface area contributed by atoms with Gasteiger partial charge in [0.2, 0.25) is 0 Å². The molecule has 5 heterocycles. The van der Waals surface area contributed by atoms with Crippen molar-refractivity contribution in [2.75, 3.05) is 6.54 Å². The number of ether oxygens (including phenoxy) is 3. The summed E-state index contributed by atoms with van der Waals surface area (Å²) >= 11 is 0. The van der Waals surface area contributed by atoms with E-state index in [4.69, 9.17) is 14.2 Å². The molecule has 3 fully saturated rings. The van der Waals surface area contributed by atoms with Crippen LogP contribution in [-0.4, -0.2) is 50.9 Å². The van der Waals surface area contributed by atoms with Crippen LogP contribution in [0.1, 0.15) is 44.1 Å². The number of hydrogen-bond acceptors (Lipinski definition) is 7. The Kier molecular flexibility index (Phi) is 2.47. The first-order valence-corrected chi connectivity index (χ1v) is 7.90. The zero-order chi connectivity index (χ0) is 15.1. The summed E-state index contributed by atoms with van der Waals surface area (Å²) in [5.41, 5.74) is 0.299. The molecule has 1 unspecified atom stereocenters. The summed E-state index contributed by atoms with van der Waals surface area (Å²) in [6, 6.07) is 0.140. The lowest BCUT2D eigenvalue weighted by atomic mass is 9.88. The predicted molar refractivity (Wildman–Crippen MR) is 72.6 cm³/mol. The molecule has 0 aliphatic carbocycles. The van der Waals surface area contributed by atoms with E-state index in [-0.39, 0.29) is 6.04 Å². The predicted octanol–water partition coefficient (Wildman–Crippen LogP) is -0.220. The smallest absolute Gasteiger partial charge is 0.191 e. The molecule has 1 aromatic heterocycles. The Labute approximate surface area is 127 Å². The van der Waals surface area contributed by atoms with E-state index < -0.39 is 29.9 Å². The van der Waals surface area contributed by atoms with Crippen molar-refractivity contribution < 1.29 is 19.3 Å². The summed E-state index contributed by atoms with van der Waals surface area (Å²) in [6.07, 6.45) is 0.618. The van der Waals surface area contributed by atoms with Gasteiger partial charge in [0.05, 0.1) is 12.6 Å². The lowest BCUT2D eigenvalue weighted by molar-refractivity contribution is -0.228. The maximum Gasteiger partial charge on any atom is 0.191 e. The molecule has 8 heteroatoms. The molecule has 0 amide bonds.